The van der Waals surface area contributed by atoms with Crippen LogP contribution in [0.5, 0.6) is 0 Å². The zero-order valence-corrected chi connectivity index (χ0v) is 15.0. The van der Waals surface area contributed by atoms with Gasteiger partial charge in [0.05, 0.1) is 6.54 Å². The maximum Gasteiger partial charge on any atom is 0.191 e. The Morgan fingerprint density at radius 3 is 2.88 bits per heavy atom. The Hall–Kier alpha value is -2.27. The predicted molar refractivity (Wildman–Crippen MR) is 104 cm³/mol. The monoisotopic (exact) mass is 340 g/mol. The number of aromatic nitrogens is 1. The summed E-state index contributed by atoms with van der Waals surface area (Å²) < 4.78 is 0. The predicted octanol–water partition coefficient (Wildman–Crippen LogP) is 4.09. The number of aliphatic imine (C=N–C) groups is 1. The minimum Gasteiger partial charge on any atom is -0.357 e. The summed E-state index contributed by atoms with van der Waals surface area (Å²) in [5, 5.41) is 12.3. The van der Waals surface area contributed by atoms with Crippen molar-refractivity contribution < 1.29 is 0 Å². The smallest absolute Gasteiger partial charge is 0.191 e. The van der Waals surface area contributed by atoms with Gasteiger partial charge in [-0.05, 0) is 52.8 Å². The molecule has 0 saturated heterocycles. The topological polar surface area (TPSA) is 52.2 Å². The van der Waals surface area contributed by atoms with Gasteiger partial charge in [-0.15, -0.1) is 0 Å². The van der Waals surface area contributed by atoms with Gasteiger partial charge in [-0.2, -0.15) is 11.3 Å². The molecule has 0 aliphatic carbocycles. The van der Waals surface area contributed by atoms with Gasteiger partial charge in [-0.3, -0.25) is 0 Å². The summed E-state index contributed by atoms with van der Waals surface area (Å²) in [6.07, 6.45) is 0. The van der Waals surface area contributed by atoms with Crippen LogP contribution < -0.4 is 10.6 Å². The van der Waals surface area contributed by atoms with E-state index < -0.39 is 0 Å². The van der Waals surface area contributed by atoms with Crippen LogP contribution in [0.15, 0.2) is 52.2 Å². The number of nitrogens with zero attached hydrogens (tertiary/aromatic N) is 1. The molecule has 0 fully saturated rings. The molecule has 3 N–H and O–H groups in total. The molecule has 0 saturated carbocycles. The van der Waals surface area contributed by atoms with E-state index in [1.165, 1.54) is 10.9 Å². The summed E-state index contributed by atoms with van der Waals surface area (Å²) in [5.41, 5.74) is 3.66. The minimum absolute atomic E-state index is 0.466. The van der Waals surface area contributed by atoms with Crippen LogP contribution in [0.2, 0.25) is 0 Å². The number of guanidine groups is 1. The summed E-state index contributed by atoms with van der Waals surface area (Å²) in [7, 11) is 0. The van der Waals surface area contributed by atoms with E-state index >= 15 is 0 Å². The molecule has 3 aromatic rings. The standard InChI is InChI=1S/C19H24N4S/c1-3-20-19(21-11-14(2)16-8-9-24-13-16)22-12-17-10-15-6-4-5-7-18(15)23-17/h4-10,13-14,23H,3,11-12H2,1-2H3,(H2,20,21,22). The highest BCUT2D eigenvalue weighted by atomic mass is 32.1. The van der Waals surface area contributed by atoms with E-state index in [1.807, 2.05) is 6.07 Å². The highest BCUT2D eigenvalue weighted by Gasteiger charge is 2.07. The molecule has 2 heterocycles. The average molecular weight is 340 g/mol. The maximum atomic E-state index is 4.70. The van der Waals surface area contributed by atoms with Gasteiger partial charge in [0.25, 0.3) is 0 Å². The van der Waals surface area contributed by atoms with Crippen molar-refractivity contribution in [1.29, 1.82) is 0 Å². The van der Waals surface area contributed by atoms with Crippen molar-refractivity contribution in [3.8, 4) is 0 Å². The highest BCUT2D eigenvalue weighted by molar-refractivity contribution is 7.07. The third-order valence-electron chi connectivity index (χ3n) is 4.03. The van der Waals surface area contributed by atoms with Crippen molar-refractivity contribution in [2.75, 3.05) is 13.1 Å². The van der Waals surface area contributed by atoms with Crippen LogP contribution in [0.4, 0.5) is 0 Å². The third-order valence-corrected chi connectivity index (χ3v) is 4.73. The molecular weight excluding hydrogens is 316 g/mol. The first kappa shape index (κ1) is 16.6. The number of nitrogens with one attached hydrogen (secondary N) is 3. The van der Waals surface area contributed by atoms with E-state index in [-0.39, 0.29) is 0 Å². The van der Waals surface area contributed by atoms with Gasteiger partial charge in [0.15, 0.2) is 5.96 Å². The summed E-state index contributed by atoms with van der Waals surface area (Å²) in [6, 6.07) is 12.7. The number of fused-ring (bicyclic) bond motifs is 1. The number of thiophene rings is 1. The molecule has 126 valence electrons. The lowest BCUT2D eigenvalue weighted by molar-refractivity contribution is 0.701. The van der Waals surface area contributed by atoms with E-state index in [1.54, 1.807) is 11.3 Å². The normalized spacial score (nSPS) is 13.2. The third kappa shape index (κ3) is 4.17. The molecule has 1 unspecified atom stereocenters. The van der Waals surface area contributed by atoms with Gasteiger partial charge in [-0.25, -0.2) is 4.99 Å². The molecule has 4 nitrogen and oxygen atoms in total. The summed E-state index contributed by atoms with van der Waals surface area (Å²) in [5.74, 6) is 1.33. The Labute approximate surface area is 147 Å². The fourth-order valence-corrected chi connectivity index (χ4v) is 3.43. The Kier molecular flexibility index (Phi) is 5.54. The molecule has 1 atom stereocenters. The summed E-state index contributed by atoms with van der Waals surface area (Å²) >= 11 is 1.74. The quantitative estimate of drug-likeness (QED) is 0.468. The lowest BCUT2D eigenvalue weighted by Crippen LogP contribution is -2.39. The number of para-hydroxylation sites is 1. The van der Waals surface area contributed by atoms with Crippen LogP contribution >= 0.6 is 11.3 Å². The van der Waals surface area contributed by atoms with Crippen molar-refractivity contribution >= 4 is 28.2 Å². The molecule has 0 aliphatic rings. The zero-order chi connectivity index (χ0) is 16.8. The molecule has 1 aromatic carbocycles. The number of hydrogen-bond donors (Lipinski definition) is 3. The fourth-order valence-electron chi connectivity index (χ4n) is 2.65. The number of hydrogen-bond acceptors (Lipinski definition) is 2. The van der Waals surface area contributed by atoms with Crippen LogP contribution in [0.25, 0.3) is 10.9 Å². The zero-order valence-electron chi connectivity index (χ0n) is 14.2. The number of H-pyrrole nitrogens is 1. The van der Waals surface area contributed by atoms with Crippen molar-refractivity contribution in [2.45, 2.75) is 26.3 Å². The summed E-state index contributed by atoms with van der Waals surface area (Å²) in [6.45, 7) is 6.68. The van der Waals surface area contributed by atoms with E-state index in [4.69, 9.17) is 4.99 Å². The van der Waals surface area contributed by atoms with Crippen LogP contribution in [-0.2, 0) is 6.54 Å². The molecule has 24 heavy (non-hydrogen) atoms. The largest absolute Gasteiger partial charge is 0.357 e. The first-order valence-electron chi connectivity index (χ1n) is 8.37. The molecule has 0 bridgehead atoms. The van der Waals surface area contributed by atoms with Crippen LogP contribution in [-0.4, -0.2) is 24.0 Å². The first-order valence-corrected chi connectivity index (χ1v) is 9.31. The second-order valence-corrected chi connectivity index (χ2v) is 6.70. The second-order valence-electron chi connectivity index (χ2n) is 5.92. The van der Waals surface area contributed by atoms with E-state index in [9.17, 15) is 0 Å². The molecule has 3 rings (SSSR count). The van der Waals surface area contributed by atoms with E-state index in [2.05, 4.69) is 70.6 Å². The Balaban J connectivity index is 1.62. The lowest BCUT2D eigenvalue weighted by atomic mass is 10.1. The minimum atomic E-state index is 0.466. The maximum absolute atomic E-state index is 4.70. The first-order chi connectivity index (χ1) is 11.8. The van der Waals surface area contributed by atoms with Crippen LogP contribution in [0, 0.1) is 0 Å². The Morgan fingerprint density at radius 1 is 1.25 bits per heavy atom. The fraction of sp³-hybridized carbons (Fsp3) is 0.316. The lowest BCUT2D eigenvalue weighted by Gasteiger charge is -2.15. The van der Waals surface area contributed by atoms with E-state index in [0.717, 1.165) is 30.3 Å². The summed E-state index contributed by atoms with van der Waals surface area (Å²) in [4.78, 5) is 8.12. The van der Waals surface area contributed by atoms with Gasteiger partial charge in [-0.1, -0.05) is 25.1 Å². The van der Waals surface area contributed by atoms with Gasteiger partial charge < -0.3 is 15.6 Å². The Bertz CT molecular complexity index is 756. The van der Waals surface area contributed by atoms with Gasteiger partial charge in [0.1, 0.15) is 0 Å². The Morgan fingerprint density at radius 2 is 2.12 bits per heavy atom. The average Bonchev–Trinajstić information content (AvgIpc) is 3.26. The van der Waals surface area contributed by atoms with Gasteiger partial charge in [0.2, 0.25) is 0 Å². The second kappa shape index (κ2) is 8.02. The van der Waals surface area contributed by atoms with E-state index in [0.29, 0.717) is 12.5 Å². The SMILES string of the molecule is CCNC(=NCc1cc2ccccc2[nH]1)NCC(C)c1ccsc1. The highest BCUT2D eigenvalue weighted by Crippen LogP contribution is 2.17. The van der Waals surface area contributed by atoms with Gasteiger partial charge in [0, 0.05) is 24.3 Å². The van der Waals surface area contributed by atoms with Gasteiger partial charge >= 0.3 is 0 Å². The van der Waals surface area contributed by atoms with Crippen molar-refractivity contribution in [3.63, 3.8) is 0 Å². The molecule has 0 spiro atoms. The number of rotatable bonds is 6. The molecular formula is C19H24N4S. The number of benzene rings is 1. The molecule has 2 aromatic heterocycles. The van der Waals surface area contributed by atoms with Crippen LogP contribution in [0.3, 0.4) is 0 Å². The van der Waals surface area contributed by atoms with Crippen molar-refractivity contribution in [3.05, 3.63) is 58.4 Å². The number of aromatic amines is 1. The molecule has 0 amide bonds. The van der Waals surface area contributed by atoms with Crippen LogP contribution in [0.1, 0.15) is 31.0 Å². The molecule has 5 heteroatoms. The molecule has 0 aliphatic heterocycles. The molecule has 0 radical (unpaired) electrons. The van der Waals surface area contributed by atoms with Crippen molar-refractivity contribution in [2.24, 2.45) is 4.99 Å². The van der Waals surface area contributed by atoms with Crippen molar-refractivity contribution in [1.82, 2.24) is 15.6 Å².